The van der Waals surface area contributed by atoms with Crippen molar-refractivity contribution in [3.8, 4) is 11.4 Å². The van der Waals surface area contributed by atoms with Gasteiger partial charge in [-0.3, -0.25) is 0 Å². The molecule has 0 radical (unpaired) electrons. The van der Waals surface area contributed by atoms with Gasteiger partial charge in [-0.2, -0.15) is 4.98 Å². The van der Waals surface area contributed by atoms with Gasteiger partial charge in [0.15, 0.2) is 0 Å². The molecule has 4 nitrogen and oxygen atoms in total. The molecule has 0 aliphatic rings. The highest BCUT2D eigenvalue weighted by Gasteiger charge is 2.27. The van der Waals surface area contributed by atoms with E-state index in [1.165, 1.54) is 0 Å². The molecule has 0 aliphatic heterocycles. The lowest BCUT2D eigenvalue weighted by Gasteiger charge is -2.23. The fourth-order valence-electron chi connectivity index (χ4n) is 1.53. The first kappa shape index (κ1) is 14.3. The van der Waals surface area contributed by atoms with Crippen LogP contribution >= 0.6 is 23.2 Å². The third-order valence-corrected chi connectivity index (χ3v) is 3.20. The van der Waals surface area contributed by atoms with E-state index in [2.05, 4.69) is 10.1 Å². The molecule has 2 rings (SSSR count). The first-order valence-electron chi connectivity index (χ1n) is 5.83. The zero-order valence-electron chi connectivity index (χ0n) is 10.9. The van der Waals surface area contributed by atoms with E-state index in [0.717, 1.165) is 0 Å². The molecule has 0 unspecified atom stereocenters. The molecule has 0 spiro atoms. The van der Waals surface area contributed by atoms with Gasteiger partial charge in [-0.25, -0.2) is 0 Å². The fourth-order valence-corrected chi connectivity index (χ4v) is 2.06. The van der Waals surface area contributed by atoms with E-state index in [4.69, 9.17) is 33.5 Å². The molecular weight excluding hydrogens is 285 g/mol. The Morgan fingerprint density at radius 3 is 2.26 bits per heavy atom. The Kier molecular flexibility index (Phi) is 3.85. The first-order chi connectivity index (χ1) is 8.77. The highest BCUT2D eigenvalue weighted by Crippen LogP contribution is 2.31. The van der Waals surface area contributed by atoms with Crippen molar-refractivity contribution >= 4 is 23.2 Å². The second-order valence-electron chi connectivity index (χ2n) is 5.46. The van der Waals surface area contributed by atoms with Gasteiger partial charge in [0.25, 0.3) is 0 Å². The van der Waals surface area contributed by atoms with Crippen molar-refractivity contribution in [2.75, 3.05) is 0 Å². The van der Waals surface area contributed by atoms with Gasteiger partial charge in [0.1, 0.15) is 0 Å². The Bertz CT molecular complexity index is 570. The van der Waals surface area contributed by atoms with Crippen LogP contribution in [0, 0.1) is 5.41 Å². The lowest BCUT2D eigenvalue weighted by atomic mass is 9.87. The van der Waals surface area contributed by atoms with E-state index in [-0.39, 0.29) is 11.5 Å². The summed E-state index contributed by atoms with van der Waals surface area (Å²) in [5.41, 5.74) is 6.62. The van der Waals surface area contributed by atoms with Crippen LogP contribution in [0.5, 0.6) is 0 Å². The molecule has 2 N–H and O–H groups in total. The van der Waals surface area contributed by atoms with Crippen LogP contribution in [0.2, 0.25) is 10.0 Å². The topological polar surface area (TPSA) is 64.9 Å². The van der Waals surface area contributed by atoms with Gasteiger partial charge in [-0.15, -0.1) is 0 Å². The minimum Gasteiger partial charge on any atom is -0.337 e. The van der Waals surface area contributed by atoms with Crippen LogP contribution in [0.4, 0.5) is 0 Å². The van der Waals surface area contributed by atoms with E-state index in [9.17, 15) is 0 Å². The van der Waals surface area contributed by atoms with E-state index in [1.54, 1.807) is 18.2 Å². The molecule has 0 saturated carbocycles. The van der Waals surface area contributed by atoms with Crippen molar-refractivity contribution in [1.29, 1.82) is 0 Å². The van der Waals surface area contributed by atoms with E-state index in [0.29, 0.717) is 27.3 Å². The second-order valence-corrected chi connectivity index (χ2v) is 6.33. The lowest BCUT2D eigenvalue weighted by Crippen LogP contribution is -2.26. The number of hydrogen-bond donors (Lipinski definition) is 1. The Labute approximate surface area is 121 Å². The molecule has 6 heteroatoms. The summed E-state index contributed by atoms with van der Waals surface area (Å²) in [6.07, 6.45) is 0. The molecule has 19 heavy (non-hydrogen) atoms. The Hall–Kier alpha value is -1.10. The van der Waals surface area contributed by atoms with Crippen LogP contribution in [0.25, 0.3) is 11.4 Å². The van der Waals surface area contributed by atoms with Crippen LogP contribution < -0.4 is 5.73 Å². The van der Waals surface area contributed by atoms with Crippen molar-refractivity contribution in [3.63, 3.8) is 0 Å². The predicted molar refractivity (Wildman–Crippen MR) is 76.1 cm³/mol. The molecule has 2 aromatic rings. The smallest absolute Gasteiger partial charge is 0.244 e. The fraction of sp³-hybridized carbons (Fsp3) is 0.385. The lowest BCUT2D eigenvalue weighted by molar-refractivity contribution is 0.253. The van der Waals surface area contributed by atoms with E-state index < -0.39 is 0 Å². The Balaban J connectivity index is 2.36. The molecule has 1 aromatic carbocycles. The number of halogens is 2. The third kappa shape index (κ3) is 3.26. The maximum absolute atomic E-state index is 6.07. The van der Waals surface area contributed by atoms with Crippen molar-refractivity contribution in [1.82, 2.24) is 10.1 Å². The molecule has 0 fully saturated rings. The molecule has 0 amide bonds. The summed E-state index contributed by atoms with van der Waals surface area (Å²) in [6, 6.07) is 4.77. The van der Waals surface area contributed by atoms with E-state index in [1.807, 2.05) is 20.8 Å². The summed E-state index contributed by atoms with van der Waals surface area (Å²) in [5, 5.41) is 4.96. The van der Waals surface area contributed by atoms with Gasteiger partial charge in [-0.05, 0) is 23.6 Å². The first-order valence-corrected chi connectivity index (χ1v) is 6.58. The minimum atomic E-state index is -0.330. The molecule has 1 heterocycles. The Morgan fingerprint density at radius 1 is 1.16 bits per heavy atom. The molecule has 1 atom stereocenters. The molecule has 102 valence electrons. The summed E-state index contributed by atoms with van der Waals surface area (Å²) in [6.45, 7) is 6.04. The van der Waals surface area contributed by atoms with Crippen LogP contribution in [-0.4, -0.2) is 10.1 Å². The van der Waals surface area contributed by atoms with Gasteiger partial charge < -0.3 is 10.3 Å². The van der Waals surface area contributed by atoms with Crippen LogP contribution in [0.3, 0.4) is 0 Å². The van der Waals surface area contributed by atoms with Gasteiger partial charge in [0, 0.05) is 15.6 Å². The van der Waals surface area contributed by atoms with Crippen molar-refractivity contribution < 1.29 is 4.52 Å². The summed E-state index contributed by atoms with van der Waals surface area (Å²) in [7, 11) is 0. The van der Waals surface area contributed by atoms with Crippen LogP contribution in [-0.2, 0) is 0 Å². The standard InChI is InChI=1S/C13H15Cl2N3O/c1-13(2,3)10(16)12-17-11(18-19-12)7-4-8(14)6-9(15)5-7/h4-6,10H,16H2,1-3H3/t10-/m0/s1. The number of nitrogens with zero attached hydrogens (tertiary/aromatic N) is 2. The molecular formula is C13H15Cl2N3O. The van der Waals surface area contributed by atoms with Gasteiger partial charge >= 0.3 is 0 Å². The van der Waals surface area contributed by atoms with Crippen molar-refractivity contribution in [2.24, 2.45) is 11.1 Å². The molecule has 0 aliphatic carbocycles. The number of benzene rings is 1. The SMILES string of the molecule is CC(C)(C)[C@@H](N)c1nc(-c2cc(Cl)cc(Cl)c2)no1. The summed E-state index contributed by atoms with van der Waals surface area (Å²) in [5.74, 6) is 0.831. The second kappa shape index (κ2) is 5.12. The zero-order valence-corrected chi connectivity index (χ0v) is 12.5. The predicted octanol–water partition coefficient (Wildman–Crippen LogP) is 4.09. The average molecular weight is 300 g/mol. The molecule has 0 saturated heterocycles. The minimum absolute atomic E-state index is 0.157. The van der Waals surface area contributed by atoms with Crippen molar-refractivity contribution in [2.45, 2.75) is 26.8 Å². The monoisotopic (exact) mass is 299 g/mol. The van der Waals surface area contributed by atoms with Crippen LogP contribution in [0.1, 0.15) is 32.7 Å². The van der Waals surface area contributed by atoms with Gasteiger partial charge in [0.2, 0.25) is 11.7 Å². The number of hydrogen-bond acceptors (Lipinski definition) is 4. The maximum Gasteiger partial charge on any atom is 0.244 e. The third-order valence-electron chi connectivity index (χ3n) is 2.76. The highest BCUT2D eigenvalue weighted by atomic mass is 35.5. The Morgan fingerprint density at radius 2 is 1.74 bits per heavy atom. The number of nitrogens with two attached hydrogens (primary N) is 1. The van der Waals surface area contributed by atoms with Crippen LogP contribution in [0.15, 0.2) is 22.7 Å². The van der Waals surface area contributed by atoms with Gasteiger partial charge in [-0.1, -0.05) is 49.1 Å². The highest BCUT2D eigenvalue weighted by molar-refractivity contribution is 6.35. The zero-order chi connectivity index (χ0) is 14.2. The van der Waals surface area contributed by atoms with Crippen molar-refractivity contribution in [3.05, 3.63) is 34.1 Å². The van der Waals surface area contributed by atoms with E-state index >= 15 is 0 Å². The summed E-state index contributed by atoms with van der Waals surface area (Å²) in [4.78, 5) is 4.31. The molecule has 1 aromatic heterocycles. The maximum atomic E-state index is 6.07. The summed E-state index contributed by atoms with van der Waals surface area (Å²) < 4.78 is 5.21. The van der Waals surface area contributed by atoms with Gasteiger partial charge in [0.05, 0.1) is 6.04 Å². The average Bonchev–Trinajstić information content (AvgIpc) is 2.74. The number of aromatic nitrogens is 2. The largest absolute Gasteiger partial charge is 0.337 e. The molecule has 0 bridgehead atoms. The normalized spacial score (nSPS) is 13.6. The summed E-state index contributed by atoms with van der Waals surface area (Å²) >= 11 is 11.9. The quantitative estimate of drug-likeness (QED) is 0.907. The number of rotatable bonds is 2.